The maximum absolute atomic E-state index is 12.9. The van der Waals surface area contributed by atoms with Crippen molar-refractivity contribution < 1.29 is 29.3 Å². The number of rotatable bonds is 3. The van der Waals surface area contributed by atoms with Gasteiger partial charge >= 0.3 is 6.04 Å². The number of aryl methyl sites for hydroxylation is 2. The predicted octanol–water partition coefficient (Wildman–Crippen LogP) is 7.25. The normalized spacial score (nSPS) is 10.8. The van der Waals surface area contributed by atoms with E-state index in [1.165, 1.54) is 17.7 Å². The van der Waals surface area contributed by atoms with Crippen LogP contribution in [0.3, 0.4) is 0 Å². The van der Waals surface area contributed by atoms with E-state index < -0.39 is 6.04 Å². The molecular formula is C28H19FIrNO-. The Hall–Kier alpha value is -3.20. The number of pyridine rings is 1. The van der Waals surface area contributed by atoms with Crippen molar-refractivity contribution in [3.8, 4) is 22.4 Å². The van der Waals surface area contributed by atoms with Gasteiger partial charge in [0.15, 0.2) is 0 Å². The van der Waals surface area contributed by atoms with E-state index in [0.717, 1.165) is 49.5 Å². The fourth-order valence-corrected chi connectivity index (χ4v) is 4.21. The molecule has 0 saturated heterocycles. The largest absolute Gasteiger partial charge is 0.332 e. The van der Waals surface area contributed by atoms with Crippen molar-refractivity contribution in [3.63, 3.8) is 0 Å². The van der Waals surface area contributed by atoms with Crippen LogP contribution in [0, 0.1) is 19.9 Å². The first-order valence-electron chi connectivity index (χ1n) is 10.1. The van der Waals surface area contributed by atoms with E-state index in [9.17, 15) is 9.18 Å². The third kappa shape index (κ3) is 4.00. The Kier molecular flexibility index (Phi) is 6.01. The standard InChI is InChI=1S/C28H19FNO.Ir/c1-17-13-18(2)15-23(14-17)27-26-10-8-22-16-21(7-9-24(22)25(26)11-12-30-27)19-3-5-20(6-4-19)28(29)31;/h3-14,16H,1-2H3;/q-1;. The first-order chi connectivity index (χ1) is 15.0. The molecule has 0 saturated carbocycles. The van der Waals surface area contributed by atoms with E-state index in [0.29, 0.717) is 0 Å². The van der Waals surface area contributed by atoms with Gasteiger partial charge < -0.3 is 4.98 Å². The van der Waals surface area contributed by atoms with Gasteiger partial charge in [-0.05, 0) is 62.6 Å². The van der Waals surface area contributed by atoms with Crippen molar-refractivity contribution in [2.45, 2.75) is 13.8 Å². The summed E-state index contributed by atoms with van der Waals surface area (Å²) >= 11 is 0. The third-order valence-corrected chi connectivity index (χ3v) is 5.61. The van der Waals surface area contributed by atoms with E-state index >= 15 is 0 Å². The van der Waals surface area contributed by atoms with Crippen LogP contribution in [0.5, 0.6) is 0 Å². The summed E-state index contributed by atoms with van der Waals surface area (Å²) in [6, 6.07) is 25.4. The Morgan fingerprint density at radius 1 is 0.812 bits per heavy atom. The number of hydrogen-bond donors (Lipinski definition) is 0. The third-order valence-electron chi connectivity index (χ3n) is 5.61. The van der Waals surface area contributed by atoms with Gasteiger partial charge in [-0.2, -0.15) is 4.39 Å². The molecule has 0 aliphatic heterocycles. The average Bonchev–Trinajstić information content (AvgIpc) is 2.77. The molecule has 1 heterocycles. The van der Waals surface area contributed by atoms with E-state index in [4.69, 9.17) is 0 Å². The Morgan fingerprint density at radius 3 is 2.25 bits per heavy atom. The van der Waals surface area contributed by atoms with Crippen molar-refractivity contribution in [2.24, 2.45) is 0 Å². The Bertz CT molecular complexity index is 1450. The van der Waals surface area contributed by atoms with Crippen LogP contribution in [-0.4, -0.2) is 11.0 Å². The van der Waals surface area contributed by atoms with Gasteiger partial charge in [0, 0.05) is 26.3 Å². The summed E-state index contributed by atoms with van der Waals surface area (Å²) in [5.74, 6) is 0. The monoisotopic (exact) mass is 597 g/mol. The summed E-state index contributed by atoms with van der Waals surface area (Å²) < 4.78 is 12.9. The molecule has 0 amide bonds. The van der Waals surface area contributed by atoms with Gasteiger partial charge in [0.05, 0.1) is 5.56 Å². The molecule has 0 bridgehead atoms. The molecule has 1 radical (unpaired) electrons. The molecule has 0 aliphatic rings. The van der Waals surface area contributed by atoms with Crippen LogP contribution in [0.2, 0.25) is 0 Å². The van der Waals surface area contributed by atoms with E-state index in [1.807, 2.05) is 12.3 Å². The van der Waals surface area contributed by atoms with Gasteiger partial charge in [0.2, 0.25) is 0 Å². The number of nitrogens with zero attached hydrogens (tertiary/aromatic N) is 1. The first kappa shape index (κ1) is 22.0. The topological polar surface area (TPSA) is 30.0 Å². The van der Waals surface area contributed by atoms with Gasteiger partial charge in [0.1, 0.15) is 0 Å². The van der Waals surface area contributed by atoms with Crippen molar-refractivity contribution in [2.75, 3.05) is 0 Å². The van der Waals surface area contributed by atoms with Gasteiger partial charge in [-0.3, -0.25) is 4.79 Å². The maximum Gasteiger partial charge on any atom is 0.332 e. The molecule has 32 heavy (non-hydrogen) atoms. The number of benzene rings is 4. The Labute approximate surface area is 199 Å². The smallest absolute Gasteiger partial charge is 0.304 e. The number of halogens is 1. The summed E-state index contributed by atoms with van der Waals surface area (Å²) in [7, 11) is 0. The van der Waals surface area contributed by atoms with Crippen molar-refractivity contribution in [1.82, 2.24) is 4.98 Å². The van der Waals surface area contributed by atoms with Crippen LogP contribution in [0.1, 0.15) is 21.5 Å². The molecule has 0 atom stereocenters. The molecule has 0 unspecified atom stereocenters. The summed E-state index contributed by atoms with van der Waals surface area (Å²) in [6.45, 7) is 4.14. The van der Waals surface area contributed by atoms with Crippen LogP contribution < -0.4 is 0 Å². The number of hydrogen-bond acceptors (Lipinski definition) is 2. The van der Waals surface area contributed by atoms with E-state index in [2.05, 4.69) is 67.4 Å². The van der Waals surface area contributed by atoms with Crippen LogP contribution in [0.4, 0.5) is 4.39 Å². The van der Waals surface area contributed by atoms with Gasteiger partial charge in [0.25, 0.3) is 0 Å². The van der Waals surface area contributed by atoms with Gasteiger partial charge in [-0.25, -0.2) is 0 Å². The molecule has 0 fully saturated rings. The number of fused-ring (bicyclic) bond motifs is 3. The van der Waals surface area contributed by atoms with Crippen LogP contribution in [-0.2, 0) is 20.1 Å². The zero-order valence-corrected chi connectivity index (χ0v) is 20.0. The molecule has 5 aromatic rings. The Balaban J connectivity index is 0.00000245. The molecule has 0 aliphatic carbocycles. The number of aromatic nitrogens is 1. The zero-order valence-electron chi connectivity index (χ0n) is 17.6. The van der Waals surface area contributed by atoms with E-state index in [-0.39, 0.29) is 25.7 Å². The van der Waals surface area contributed by atoms with Crippen LogP contribution in [0.15, 0.2) is 79.0 Å². The molecule has 1 aromatic heterocycles. The number of carbonyl (C=O) groups excluding carboxylic acids is 1. The average molecular weight is 597 g/mol. The molecule has 5 rings (SSSR count). The fraction of sp³-hybridized carbons (Fsp3) is 0.0714. The maximum atomic E-state index is 12.9. The SMILES string of the molecule is Cc1[c-]c(-c2nccc3c2ccc2cc(-c4ccc(C(=O)F)cc4)ccc23)cc(C)c1.[Ir]. The molecule has 4 heteroatoms. The quantitative estimate of drug-likeness (QED) is 0.125. The van der Waals surface area contributed by atoms with Crippen molar-refractivity contribution in [1.29, 1.82) is 0 Å². The first-order valence-corrected chi connectivity index (χ1v) is 10.1. The minimum Gasteiger partial charge on any atom is -0.304 e. The summed E-state index contributed by atoms with van der Waals surface area (Å²) in [5.41, 5.74) is 6.24. The second kappa shape index (κ2) is 8.74. The number of carbonyl (C=O) groups is 1. The van der Waals surface area contributed by atoms with Crippen molar-refractivity contribution in [3.05, 3.63) is 102 Å². The second-order valence-electron chi connectivity index (χ2n) is 7.86. The molecule has 0 N–H and O–H groups in total. The minimum absolute atomic E-state index is 0. The van der Waals surface area contributed by atoms with Crippen molar-refractivity contribution >= 4 is 27.6 Å². The predicted molar refractivity (Wildman–Crippen MR) is 124 cm³/mol. The molecular weight excluding hydrogens is 578 g/mol. The summed E-state index contributed by atoms with van der Waals surface area (Å²) in [4.78, 5) is 15.6. The van der Waals surface area contributed by atoms with Gasteiger partial charge in [-0.1, -0.05) is 50.2 Å². The van der Waals surface area contributed by atoms with Gasteiger partial charge in [-0.15, -0.1) is 34.9 Å². The van der Waals surface area contributed by atoms with Crippen LogP contribution >= 0.6 is 0 Å². The zero-order chi connectivity index (χ0) is 21.5. The Morgan fingerprint density at radius 2 is 1.53 bits per heavy atom. The van der Waals surface area contributed by atoms with E-state index in [1.54, 1.807) is 12.1 Å². The molecule has 0 spiro atoms. The van der Waals surface area contributed by atoms with Crippen LogP contribution in [0.25, 0.3) is 43.9 Å². The molecule has 2 nitrogen and oxygen atoms in total. The molecule has 159 valence electrons. The fourth-order valence-electron chi connectivity index (χ4n) is 4.21. The summed E-state index contributed by atoms with van der Waals surface area (Å²) in [6.07, 6.45) is 1.85. The minimum atomic E-state index is -1.41. The summed E-state index contributed by atoms with van der Waals surface area (Å²) in [5, 5.41) is 4.48. The molecule has 4 aromatic carbocycles. The second-order valence-corrected chi connectivity index (χ2v) is 7.86.